The van der Waals surface area contributed by atoms with Crippen LogP contribution >= 0.6 is 0 Å². The highest BCUT2D eigenvalue weighted by atomic mass is 16.5. The fourth-order valence-electron chi connectivity index (χ4n) is 1.60. The Morgan fingerprint density at radius 1 is 1.19 bits per heavy atom. The molecule has 0 radical (unpaired) electrons. The zero-order chi connectivity index (χ0) is 12.0. The number of esters is 1. The molecule has 0 saturated carbocycles. The molecule has 1 aliphatic heterocycles. The molecule has 90 valence electrons. The van der Waals surface area contributed by atoms with Crippen LogP contribution in [0.4, 0.5) is 0 Å². The number of rotatable bonds is 3. The van der Waals surface area contributed by atoms with Crippen molar-refractivity contribution in [3.05, 3.63) is 12.2 Å². The van der Waals surface area contributed by atoms with Crippen molar-refractivity contribution in [2.75, 3.05) is 39.8 Å². The van der Waals surface area contributed by atoms with E-state index < -0.39 is 5.97 Å². The second kappa shape index (κ2) is 6.27. The second-order valence-electron chi connectivity index (χ2n) is 3.62. The Morgan fingerprint density at radius 3 is 2.31 bits per heavy atom. The van der Waals surface area contributed by atoms with Gasteiger partial charge in [0.1, 0.15) is 0 Å². The van der Waals surface area contributed by atoms with Gasteiger partial charge in [-0.2, -0.15) is 0 Å². The first-order valence-electron chi connectivity index (χ1n) is 5.44. The van der Waals surface area contributed by atoms with Crippen molar-refractivity contribution in [1.29, 1.82) is 0 Å². The summed E-state index contributed by atoms with van der Waals surface area (Å²) in [4.78, 5) is 26.5. The Balaban J connectivity index is 2.39. The molecule has 0 N–H and O–H groups in total. The number of piperazine rings is 1. The summed E-state index contributed by atoms with van der Waals surface area (Å²) < 4.78 is 4.42. The van der Waals surface area contributed by atoms with E-state index in [9.17, 15) is 9.59 Å². The topological polar surface area (TPSA) is 49.9 Å². The van der Waals surface area contributed by atoms with E-state index in [0.717, 1.165) is 38.8 Å². The Bertz CT molecular complexity index is 281. The maximum absolute atomic E-state index is 11.6. The van der Waals surface area contributed by atoms with E-state index in [0.29, 0.717) is 0 Å². The van der Waals surface area contributed by atoms with Crippen molar-refractivity contribution in [2.45, 2.75) is 6.92 Å². The third kappa shape index (κ3) is 3.66. The lowest BCUT2D eigenvalue weighted by Crippen LogP contribution is -2.48. The van der Waals surface area contributed by atoms with Gasteiger partial charge in [-0.05, 0) is 6.54 Å². The van der Waals surface area contributed by atoms with Gasteiger partial charge < -0.3 is 14.5 Å². The Labute approximate surface area is 95.6 Å². The average molecular weight is 226 g/mol. The summed E-state index contributed by atoms with van der Waals surface area (Å²) in [6.45, 7) is 6.35. The molecule has 0 unspecified atom stereocenters. The van der Waals surface area contributed by atoms with Crippen molar-refractivity contribution in [3.8, 4) is 0 Å². The van der Waals surface area contributed by atoms with Crippen molar-refractivity contribution in [1.82, 2.24) is 9.80 Å². The monoisotopic (exact) mass is 226 g/mol. The van der Waals surface area contributed by atoms with Crippen molar-refractivity contribution >= 4 is 11.9 Å². The van der Waals surface area contributed by atoms with E-state index in [1.807, 2.05) is 0 Å². The van der Waals surface area contributed by atoms with Crippen molar-refractivity contribution < 1.29 is 14.3 Å². The van der Waals surface area contributed by atoms with Crippen LogP contribution in [0.5, 0.6) is 0 Å². The van der Waals surface area contributed by atoms with Crippen LogP contribution in [0.2, 0.25) is 0 Å². The van der Waals surface area contributed by atoms with Gasteiger partial charge in [0.15, 0.2) is 0 Å². The summed E-state index contributed by atoms with van der Waals surface area (Å²) in [7, 11) is 1.29. The number of methoxy groups -OCH3 is 1. The molecule has 1 fully saturated rings. The van der Waals surface area contributed by atoms with E-state index >= 15 is 0 Å². The number of nitrogens with zero attached hydrogens (tertiary/aromatic N) is 2. The first-order valence-corrected chi connectivity index (χ1v) is 5.44. The summed E-state index contributed by atoms with van der Waals surface area (Å²) in [5.74, 6) is -0.623. The highest BCUT2D eigenvalue weighted by Crippen LogP contribution is 2.02. The number of carbonyl (C=O) groups is 2. The van der Waals surface area contributed by atoms with Crippen LogP contribution in [0.25, 0.3) is 0 Å². The first-order chi connectivity index (χ1) is 7.67. The minimum atomic E-state index is -0.499. The molecule has 5 nitrogen and oxygen atoms in total. The molecule has 5 heteroatoms. The van der Waals surface area contributed by atoms with Crippen LogP contribution in [0, 0.1) is 0 Å². The van der Waals surface area contributed by atoms with Gasteiger partial charge in [0, 0.05) is 38.3 Å². The lowest BCUT2D eigenvalue weighted by molar-refractivity contribution is -0.135. The Hall–Kier alpha value is -1.36. The summed E-state index contributed by atoms with van der Waals surface area (Å²) in [6, 6.07) is 0. The van der Waals surface area contributed by atoms with E-state index in [4.69, 9.17) is 0 Å². The molecule has 0 aromatic heterocycles. The molecule has 16 heavy (non-hydrogen) atoms. The number of carbonyl (C=O) groups excluding carboxylic acids is 2. The zero-order valence-corrected chi connectivity index (χ0v) is 9.81. The fraction of sp³-hybridized carbons (Fsp3) is 0.636. The lowest BCUT2D eigenvalue weighted by Gasteiger charge is -2.33. The largest absolute Gasteiger partial charge is 0.466 e. The number of likely N-dealkylation sites (N-methyl/N-ethyl adjacent to an activating group) is 1. The standard InChI is InChI=1S/C11H18N2O3/c1-3-12-6-8-13(9-7-12)10(14)4-5-11(15)16-2/h4-5H,3,6-9H2,1-2H3. The molecule has 1 heterocycles. The Kier molecular flexibility index (Phi) is 4.98. The van der Waals surface area contributed by atoms with Crippen molar-refractivity contribution in [3.63, 3.8) is 0 Å². The number of hydrogen-bond donors (Lipinski definition) is 0. The molecule has 1 amide bonds. The molecule has 0 spiro atoms. The third-order valence-corrected chi connectivity index (χ3v) is 2.69. The normalized spacial score (nSPS) is 17.8. The molecule has 1 saturated heterocycles. The van der Waals surface area contributed by atoms with Gasteiger partial charge in [-0.3, -0.25) is 4.79 Å². The van der Waals surface area contributed by atoms with Crippen LogP contribution in [-0.4, -0.2) is 61.5 Å². The smallest absolute Gasteiger partial charge is 0.330 e. The maximum atomic E-state index is 11.6. The number of hydrogen-bond acceptors (Lipinski definition) is 4. The quantitative estimate of drug-likeness (QED) is 0.497. The van der Waals surface area contributed by atoms with Gasteiger partial charge >= 0.3 is 5.97 Å². The molecular formula is C11H18N2O3. The minimum Gasteiger partial charge on any atom is -0.466 e. The van der Waals surface area contributed by atoms with Gasteiger partial charge in [0.2, 0.25) is 5.91 Å². The summed E-state index contributed by atoms with van der Waals surface area (Å²) in [5, 5.41) is 0. The number of ether oxygens (including phenoxy) is 1. The SMILES string of the molecule is CCN1CCN(C(=O)C=CC(=O)OC)CC1. The predicted octanol–water partition coefficient (Wildman–Crippen LogP) is -0.120. The van der Waals surface area contributed by atoms with Gasteiger partial charge in [0.05, 0.1) is 7.11 Å². The van der Waals surface area contributed by atoms with Crippen LogP contribution in [0.1, 0.15) is 6.92 Å². The van der Waals surface area contributed by atoms with Crippen LogP contribution in [0.15, 0.2) is 12.2 Å². The molecular weight excluding hydrogens is 208 g/mol. The van der Waals surface area contributed by atoms with Gasteiger partial charge in [-0.15, -0.1) is 0 Å². The summed E-state index contributed by atoms with van der Waals surface area (Å²) >= 11 is 0. The number of amides is 1. The van der Waals surface area contributed by atoms with E-state index in [1.165, 1.54) is 13.2 Å². The predicted molar refractivity (Wildman–Crippen MR) is 59.9 cm³/mol. The summed E-state index contributed by atoms with van der Waals surface area (Å²) in [5.41, 5.74) is 0. The molecule has 0 bridgehead atoms. The maximum Gasteiger partial charge on any atom is 0.330 e. The molecule has 0 aliphatic carbocycles. The minimum absolute atomic E-state index is 0.124. The lowest BCUT2D eigenvalue weighted by atomic mass is 10.3. The fourth-order valence-corrected chi connectivity index (χ4v) is 1.60. The highest BCUT2D eigenvalue weighted by molar-refractivity contribution is 5.94. The van der Waals surface area contributed by atoms with Crippen LogP contribution in [-0.2, 0) is 14.3 Å². The van der Waals surface area contributed by atoms with Gasteiger partial charge in [-0.25, -0.2) is 4.79 Å². The van der Waals surface area contributed by atoms with E-state index in [1.54, 1.807) is 4.90 Å². The van der Waals surface area contributed by atoms with E-state index in [-0.39, 0.29) is 5.91 Å². The van der Waals surface area contributed by atoms with Gasteiger partial charge in [0.25, 0.3) is 0 Å². The first kappa shape index (κ1) is 12.7. The molecule has 0 aromatic carbocycles. The summed E-state index contributed by atoms with van der Waals surface area (Å²) in [6.07, 6.45) is 2.43. The molecule has 0 aromatic rings. The highest BCUT2D eigenvalue weighted by Gasteiger charge is 2.18. The van der Waals surface area contributed by atoms with Crippen LogP contribution in [0.3, 0.4) is 0 Å². The Morgan fingerprint density at radius 2 is 1.81 bits per heavy atom. The molecule has 1 rings (SSSR count). The third-order valence-electron chi connectivity index (χ3n) is 2.69. The van der Waals surface area contributed by atoms with Crippen molar-refractivity contribution in [2.24, 2.45) is 0 Å². The van der Waals surface area contributed by atoms with Gasteiger partial charge in [-0.1, -0.05) is 6.92 Å². The van der Waals surface area contributed by atoms with E-state index in [2.05, 4.69) is 16.6 Å². The van der Waals surface area contributed by atoms with Crippen LogP contribution < -0.4 is 0 Å². The zero-order valence-electron chi connectivity index (χ0n) is 9.81. The second-order valence-corrected chi connectivity index (χ2v) is 3.62. The molecule has 1 aliphatic rings. The molecule has 0 atom stereocenters. The average Bonchev–Trinajstić information content (AvgIpc) is 2.35.